The molecule has 19 heavy (non-hydrogen) atoms. The van der Waals surface area contributed by atoms with Crippen LogP contribution in [0.15, 0.2) is 18.2 Å². The number of carbonyl (C=O) groups excluding carboxylic acids is 1. The Hall–Kier alpha value is -1.75. The number of rotatable bonds is 7. The van der Waals surface area contributed by atoms with E-state index in [2.05, 4.69) is 0 Å². The molecule has 0 fully saturated rings. The van der Waals surface area contributed by atoms with Crippen molar-refractivity contribution >= 4 is 11.6 Å². The van der Waals surface area contributed by atoms with Gasteiger partial charge in [0.05, 0.1) is 19.4 Å². The summed E-state index contributed by atoms with van der Waals surface area (Å²) in [6.07, 6.45) is 0. The second-order valence-corrected chi connectivity index (χ2v) is 4.04. The molecule has 0 aliphatic carbocycles. The Morgan fingerprint density at radius 1 is 1.37 bits per heavy atom. The van der Waals surface area contributed by atoms with Crippen molar-refractivity contribution in [2.24, 2.45) is 0 Å². The minimum atomic E-state index is -0.0449. The molecule has 0 spiro atoms. The van der Waals surface area contributed by atoms with Crippen molar-refractivity contribution in [3.8, 4) is 5.75 Å². The van der Waals surface area contributed by atoms with Crippen LogP contribution in [0.3, 0.4) is 0 Å². The summed E-state index contributed by atoms with van der Waals surface area (Å²) in [5.41, 5.74) is 6.85. The first kappa shape index (κ1) is 15.3. The molecule has 0 aliphatic heterocycles. The van der Waals surface area contributed by atoms with E-state index in [1.165, 1.54) is 0 Å². The van der Waals surface area contributed by atoms with Gasteiger partial charge in [0.25, 0.3) is 5.91 Å². The maximum Gasteiger partial charge on any atom is 0.254 e. The normalized spacial score (nSPS) is 10.3. The molecule has 2 N–H and O–H groups in total. The predicted octanol–water partition coefficient (Wildman–Crippen LogP) is 1.78. The monoisotopic (exact) mass is 266 g/mol. The third-order valence-corrected chi connectivity index (χ3v) is 2.86. The van der Waals surface area contributed by atoms with Gasteiger partial charge in [-0.05, 0) is 32.0 Å². The average Bonchev–Trinajstić information content (AvgIpc) is 2.43. The summed E-state index contributed by atoms with van der Waals surface area (Å²) in [4.78, 5) is 14.0. The largest absolute Gasteiger partial charge is 0.495 e. The third kappa shape index (κ3) is 4.13. The summed E-state index contributed by atoms with van der Waals surface area (Å²) in [6.45, 7) is 6.29. The van der Waals surface area contributed by atoms with E-state index in [0.29, 0.717) is 43.3 Å². The molecule has 0 saturated heterocycles. The predicted molar refractivity (Wildman–Crippen MR) is 75.5 cm³/mol. The summed E-state index contributed by atoms with van der Waals surface area (Å²) in [5.74, 6) is 0.533. The maximum atomic E-state index is 12.3. The lowest BCUT2D eigenvalue weighted by Crippen LogP contribution is -2.33. The number of nitrogen functional groups attached to an aromatic ring is 1. The second-order valence-electron chi connectivity index (χ2n) is 4.04. The van der Waals surface area contributed by atoms with Crippen LogP contribution in [0.4, 0.5) is 5.69 Å². The number of hydrogen-bond acceptors (Lipinski definition) is 4. The van der Waals surface area contributed by atoms with Gasteiger partial charge in [-0.2, -0.15) is 0 Å². The molecule has 0 radical (unpaired) electrons. The first-order valence-electron chi connectivity index (χ1n) is 6.44. The number of methoxy groups -OCH3 is 1. The molecule has 5 nitrogen and oxygen atoms in total. The molecule has 1 aromatic carbocycles. The van der Waals surface area contributed by atoms with E-state index in [1.807, 2.05) is 13.8 Å². The SMILES string of the molecule is CCOCCN(CC)C(=O)c1ccc(OC)c(N)c1. The van der Waals surface area contributed by atoms with Crippen LogP contribution in [0.25, 0.3) is 0 Å². The summed E-state index contributed by atoms with van der Waals surface area (Å²) in [6, 6.07) is 5.07. The Morgan fingerprint density at radius 3 is 2.63 bits per heavy atom. The number of carbonyl (C=O) groups is 1. The van der Waals surface area contributed by atoms with Crippen LogP contribution in [0.2, 0.25) is 0 Å². The van der Waals surface area contributed by atoms with Crippen molar-refractivity contribution in [2.45, 2.75) is 13.8 Å². The molecule has 0 aliphatic rings. The van der Waals surface area contributed by atoms with Gasteiger partial charge in [0.15, 0.2) is 0 Å². The molecule has 1 amide bonds. The fourth-order valence-corrected chi connectivity index (χ4v) is 1.77. The maximum absolute atomic E-state index is 12.3. The lowest BCUT2D eigenvalue weighted by Gasteiger charge is -2.21. The molecular formula is C14H22N2O3. The lowest BCUT2D eigenvalue weighted by atomic mass is 10.1. The minimum Gasteiger partial charge on any atom is -0.495 e. The Bertz CT molecular complexity index is 421. The number of amides is 1. The summed E-state index contributed by atoms with van der Waals surface area (Å²) >= 11 is 0. The first-order valence-corrected chi connectivity index (χ1v) is 6.44. The molecule has 5 heteroatoms. The van der Waals surface area contributed by atoms with Crippen molar-refractivity contribution in [2.75, 3.05) is 39.1 Å². The molecule has 0 bridgehead atoms. The van der Waals surface area contributed by atoms with Gasteiger partial charge in [-0.15, -0.1) is 0 Å². The molecule has 0 atom stereocenters. The highest BCUT2D eigenvalue weighted by Crippen LogP contribution is 2.22. The van der Waals surface area contributed by atoms with Gasteiger partial charge in [0.2, 0.25) is 0 Å². The van der Waals surface area contributed by atoms with Crippen LogP contribution >= 0.6 is 0 Å². The van der Waals surface area contributed by atoms with Crippen LogP contribution < -0.4 is 10.5 Å². The smallest absolute Gasteiger partial charge is 0.254 e. The molecule has 106 valence electrons. The van der Waals surface area contributed by atoms with Crippen molar-refractivity contribution in [3.05, 3.63) is 23.8 Å². The van der Waals surface area contributed by atoms with Gasteiger partial charge in [-0.3, -0.25) is 4.79 Å². The van der Waals surface area contributed by atoms with E-state index >= 15 is 0 Å². The van der Waals surface area contributed by atoms with E-state index in [4.69, 9.17) is 15.2 Å². The van der Waals surface area contributed by atoms with Gasteiger partial charge in [0, 0.05) is 25.3 Å². The zero-order chi connectivity index (χ0) is 14.3. The molecule has 0 heterocycles. The number of nitrogens with two attached hydrogens (primary N) is 1. The quantitative estimate of drug-likeness (QED) is 0.603. The van der Waals surface area contributed by atoms with E-state index in [1.54, 1.807) is 30.2 Å². The first-order chi connectivity index (χ1) is 9.13. The molecule has 0 unspecified atom stereocenters. The number of benzene rings is 1. The van der Waals surface area contributed by atoms with Gasteiger partial charge in [0.1, 0.15) is 5.75 Å². The van der Waals surface area contributed by atoms with Crippen molar-refractivity contribution in [1.29, 1.82) is 0 Å². The highest BCUT2D eigenvalue weighted by molar-refractivity contribution is 5.95. The minimum absolute atomic E-state index is 0.0449. The fourth-order valence-electron chi connectivity index (χ4n) is 1.77. The van der Waals surface area contributed by atoms with Gasteiger partial charge < -0.3 is 20.1 Å². The number of hydrogen-bond donors (Lipinski definition) is 1. The number of likely N-dealkylation sites (N-methyl/N-ethyl adjacent to an activating group) is 1. The average molecular weight is 266 g/mol. The molecule has 1 aromatic rings. The van der Waals surface area contributed by atoms with Crippen molar-refractivity contribution < 1.29 is 14.3 Å². The highest BCUT2D eigenvalue weighted by Gasteiger charge is 2.15. The molecular weight excluding hydrogens is 244 g/mol. The highest BCUT2D eigenvalue weighted by atomic mass is 16.5. The molecule has 0 saturated carbocycles. The van der Waals surface area contributed by atoms with Crippen molar-refractivity contribution in [3.63, 3.8) is 0 Å². The molecule has 1 rings (SSSR count). The Balaban J connectivity index is 2.76. The summed E-state index contributed by atoms with van der Waals surface area (Å²) in [7, 11) is 1.55. The van der Waals surface area contributed by atoms with Gasteiger partial charge in [-0.1, -0.05) is 0 Å². The number of nitrogens with zero attached hydrogens (tertiary/aromatic N) is 1. The Labute approximate surface area is 114 Å². The third-order valence-electron chi connectivity index (χ3n) is 2.86. The van der Waals surface area contributed by atoms with Crippen LogP contribution in [0.5, 0.6) is 5.75 Å². The van der Waals surface area contributed by atoms with Crippen LogP contribution in [0.1, 0.15) is 24.2 Å². The second kappa shape index (κ2) is 7.63. The van der Waals surface area contributed by atoms with Crippen molar-refractivity contribution in [1.82, 2.24) is 4.90 Å². The van der Waals surface area contributed by atoms with Crippen LogP contribution in [-0.2, 0) is 4.74 Å². The van der Waals surface area contributed by atoms with Gasteiger partial charge >= 0.3 is 0 Å². The summed E-state index contributed by atoms with van der Waals surface area (Å²) < 4.78 is 10.3. The zero-order valence-corrected chi connectivity index (χ0v) is 11.8. The number of anilines is 1. The van der Waals surface area contributed by atoms with E-state index in [9.17, 15) is 4.79 Å². The van der Waals surface area contributed by atoms with E-state index in [-0.39, 0.29) is 5.91 Å². The summed E-state index contributed by atoms with van der Waals surface area (Å²) in [5, 5.41) is 0. The van der Waals surface area contributed by atoms with Gasteiger partial charge in [-0.25, -0.2) is 0 Å². The molecule has 0 aromatic heterocycles. The standard InChI is InChI=1S/C14H22N2O3/c1-4-16(8-9-19-5-2)14(17)11-6-7-13(18-3)12(15)10-11/h6-7,10H,4-5,8-9,15H2,1-3H3. The fraction of sp³-hybridized carbons (Fsp3) is 0.500. The Kier molecular flexibility index (Phi) is 6.15. The topological polar surface area (TPSA) is 64.8 Å². The lowest BCUT2D eigenvalue weighted by molar-refractivity contribution is 0.0669. The van der Waals surface area contributed by atoms with Crippen LogP contribution in [-0.4, -0.2) is 44.2 Å². The number of ether oxygens (including phenoxy) is 2. The Morgan fingerprint density at radius 2 is 2.11 bits per heavy atom. The van der Waals surface area contributed by atoms with E-state index in [0.717, 1.165) is 0 Å². The van der Waals surface area contributed by atoms with E-state index < -0.39 is 0 Å². The van der Waals surface area contributed by atoms with Crippen LogP contribution in [0, 0.1) is 0 Å². The zero-order valence-electron chi connectivity index (χ0n) is 11.8.